The van der Waals surface area contributed by atoms with E-state index in [-0.39, 0.29) is 41.2 Å². The highest BCUT2D eigenvalue weighted by Crippen LogP contribution is 2.70. The van der Waals surface area contributed by atoms with Gasteiger partial charge in [-0.3, -0.25) is 14.4 Å². The zero-order valence-electron chi connectivity index (χ0n) is 26.2. The van der Waals surface area contributed by atoms with Crippen LogP contribution in [0.15, 0.2) is 30.3 Å². The van der Waals surface area contributed by atoms with Crippen LogP contribution in [0, 0.1) is 34.5 Å². The van der Waals surface area contributed by atoms with Crippen molar-refractivity contribution in [1.29, 1.82) is 0 Å². The van der Waals surface area contributed by atoms with E-state index in [0.717, 1.165) is 6.42 Å². The molecule has 0 amide bonds. The molecule has 4 saturated carbocycles. The Morgan fingerprint density at radius 3 is 2.16 bits per heavy atom. The van der Waals surface area contributed by atoms with E-state index >= 15 is 0 Å². The molecule has 11 atom stereocenters. The smallest absolute Gasteiger partial charge is 0.338 e. The van der Waals surface area contributed by atoms with Crippen molar-refractivity contribution in [1.82, 2.24) is 0 Å². The summed E-state index contributed by atoms with van der Waals surface area (Å²) in [6, 6.07) is 8.75. The average molecular weight is 599 g/mol. The molecule has 4 aliphatic carbocycles. The number of benzene rings is 1. The number of ether oxygens (including phenoxy) is 4. The second-order valence-corrected chi connectivity index (χ2v) is 13.9. The van der Waals surface area contributed by atoms with Gasteiger partial charge in [0.05, 0.1) is 11.2 Å². The van der Waals surface area contributed by atoms with Crippen molar-refractivity contribution in [2.75, 3.05) is 0 Å². The number of carbonyl (C=O) groups is 4. The molecule has 4 fully saturated rings. The van der Waals surface area contributed by atoms with Crippen LogP contribution in [0.3, 0.4) is 0 Å². The summed E-state index contributed by atoms with van der Waals surface area (Å²) >= 11 is 0. The molecule has 0 saturated heterocycles. The van der Waals surface area contributed by atoms with Crippen molar-refractivity contribution in [3.05, 3.63) is 35.9 Å². The predicted molar refractivity (Wildman–Crippen MR) is 155 cm³/mol. The number of esters is 4. The Kier molecular flexibility index (Phi) is 8.44. The second kappa shape index (κ2) is 11.5. The number of aliphatic hydroxyl groups is 1. The van der Waals surface area contributed by atoms with Gasteiger partial charge in [-0.2, -0.15) is 0 Å². The van der Waals surface area contributed by atoms with Gasteiger partial charge < -0.3 is 24.1 Å². The number of rotatable bonds is 6. The molecule has 11 unspecified atom stereocenters. The third-order valence-electron chi connectivity index (χ3n) is 11.7. The maximum atomic E-state index is 13.7. The number of hydrogen-bond acceptors (Lipinski definition) is 9. The fourth-order valence-corrected chi connectivity index (χ4v) is 9.94. The van der Waals surface area contributed by atoms with Crippen molar-refractivity contribution in [2.45, 2.75) is 117 Å². The molecule has 0 aromatic heterocycles. The van der Waals surface area contributed by atoms with E-state index < -0.39 is 47.2 Å². The first-order valence-electron chi connectivity index (χ1n) is 15.7. The van der Waals surface area contributed by atoms with Crippen LogP contribution < -0.4 is 0 Å². The molecule has 9 nitrogen and oxygen atoms in total. The minimum atomic E-state index is -1.26. The highest BCUT2D eigenvalue weighted by atomic mass is 16.6. The summed E-state index contributed by atoms with van der Waals surface area (Å²) in [7, 11) is 0. The summed E-state index contributed by atoms with van der Waals surface area (Å²) in [5.74, 6) is -2.52. The predicted octanol–water partition coefficient (Wildman–Crippen LogP) is 5.02. The molecule has 1 aromatic rings. The first kappa shape index (κ1) is 31.5. The normalized spacial score (nSPS) is 40.6. The third-order valence-corrected chi connectivity index (χ3v) is 11.7. The Hall–Kier alpha value is -2.94. The van der Waals surface area contributed by atoms with Crippen LogP contribution in [-0.2, 0) is 33.3 Å². The molecule has 5 rings (SSSR count). The molecule has 4 aliphatic rings. The molecule has 9 heteroatoms. The SMILES string of the molecule is CC(=O)OC1CCC2(C)C(CCC3C2C(OC(=O)c2ccccc2)C(OC(C)=O)C2(C)C(C(C)OC(C)=O)CCC32O)C1. The molecule has 0 bridgehead atoms. The highest BCUT2D eigenvalue weighted by molar-refractivity contribution is 5.89. The van der Waals surface area contributed by atoms with E-state index in [0.29, 0.717) is 44.1 Å². The van der Waals surface area contributed by atoms with Crippen molar-refractivity contribution >= 4 is 23.9 Å². The summed E-state index contributed by atoms with van der Waals surface area (Å²) in [5.41, 5.74) is -2.31. The van der Waals surface area contributed by atoms with Gasteiger partial charge in [0.1, 0.15) is 24.4 Å². The molecule has 43 heavy (non-hydrogen) atoms. The summed E-state index contributed by atoms with van der Waals surface area (Å²) in [4.78, 5) is 50.4. The Morgan fingerprint density at radius 1 is 0.860 bits per heavy atom. The van der Waals surface area contributed by atoms with Gasteiger partial charge in [-0.25, -0.2) is 4.79 Å². The lowest BCUT2D eigenvalue weighted by Gasteiger charge is -2.67. The molecule has 0 radical (unpaired) electrons. The van der Waals surface area contributed by atoms with Gasteiger partial charge in [-0.05, 0) is 81.3 Å². The maximum absolute atomic E-state index is 13.7. The maximum Gasteiger partial charge on any atom is 0.338 e. The Labute approximate surface area is 254 Å². The van der Waals surface area contributed by atoms with Crippen molar-refractivity contribution < 1.29 is 43.2 Å². The van der Waals surface area contributed by atoms with Crippen LogP contribution in [0.2, 0.25) is 0 Å². The van der Waals surface area contributed by atoms with Crippen LogP contribution in [0.5, 0.6) is 0 Å². The number of fused-ring (bicyclic) bond motifs is 5. The summed E-state index contributed by atoms with van der Waals surface area (Å²) in [6.45, 7) is 10.1. The number of hydrogen-bond donors (Lipinski definition) is 1. The molecule has 1 N–H and O–H groups in total. The van der Waals surface area contributed by atoms with Crippen molar-refractivity contribution in [2.24, 2.45) is 34.5 Å². The van der Waals surface area contributed by atoms with E-state index in [1.165, 1.54) is 20.8 Å². The van der Waals surface area contributed by atoms with E-state index in [9.17, 15) is 24.3 Å². The van der Waals surface area contributed by atoms with Gasteiger partial charge in [-0.1, -0.05) is 32.0 Å². The van der Waals surface area contributed by atoms with Crippen molar-refractivity contribution in [3.63, 3.8) is 0 Å². The highest BCUT2D eigenvalue weighted by Gasteiger charge is 2.76. The Bertz CT molecular complexity index is 1250. The van der Waals surface area contributed by atoms with Crippen LogP contribution >= 0.6 is 0 Å². The largest absolute Gasteiger partial charge is 0.463 e. The van der Waals surface area contributed by atoms with Crippen molar-refractivity contribution in [3.8, 4) is 0 Å². The van der Waals surface area contributed by atoms with Crippen LogP contribution in [0.4, 0.5) is 0 Å². The molecule has 0 heterocycles. The van der Waals surface area contributed by atoms with Gasteiger partial charge in [-0.15, -0.1) is 0 Å². The molecule has 236 valence electrons. The lowest BCUT2D eigenvalue weighted by molar-refractivity contribution is -0.292. The topological polar surface area (TPSA) is 125 Å². The summed E-state index contributed by atoms with van der Waals surface area (Å²) < 4.78 is 24.0. The van der Waals surface area contributed by atoms with E-state index in [4.69, 9.17) is 18.9 Å². The van der Waals surface area contributed by atoms with Gasteiger partial charge in [0.15, 0.2) is 0 Å². The minimum absolute atomic E-state index is 0.160. The monoisotopic (exact) mass is 598 g/mol. The fourth-order valence-electron chi connectivity index (χ4n) is 9.94. The standard InChI is InChI=1S/C34H46O9/c1-19(40-20(2)35)26-15-17-34(39)27-13-12-24-18-25(41-21(3)36)14-16-32(24,5)28(27)29(30(33(26,34)6)42-22(4)37)43-31(38)23-10-8-7-9-11-23/h7-11,19,24-30,39H,12-18H2,1-6H3. The third kappa shape index (κ3) is 5.25. The van der Waals surface area contributed by atoms with Gasteiger partial charge in [0.2, 0.25) is 0 Å². The van der Waals surface area contributed by atoms with Gasteiger partial charge >= 0.3 is 23.9 Å². The second-order valence-electron chi connectivity index (χ2n) is 13.9. The van der Waals surface area contributed by atoms with E-state index in [2.05, 4.69) is 6.92 Å². The summed E-state index contributed by atoms with van der Waals surface area (Å²) in [6.07, 6.45) is 2.04. The first-order valence-corrected chi connectivity index (χ1v) is 15.7. The number of carbonyl (C=O) groups excluding carboxylic acids is 4. The fraction of sp³-hybridized carbons (Fsp3) is 0.706. The molecular weight excluding hydrogens is 552 g/mol. The lowest BCUT2D eigenvalue weighted by Crippen LogP contribution is -2.73. The lowest BCUT2D eigenvalue weighted by atomic mass is 9.41. The summed E-state index contributed by atoms with van der Waals surface area (Å²) in [5, 5.41) is 12.9. The molecule has 0 aliphatic heterocycles. The molecule has 1 aromatic carbocycles. The van der Waals surface area contributed by atoms with E-state index in [1.54, 1.807) is 24.3 Å². The molecular formula is C34H46O9. The van der Waals surface area contributed by atoms with Gasteiger partial charge in [0.25, 0.3) is 0 Å². The quantitative estimate of drug-likeness (QED) is 0.355. The molecule has 0 spiro atoms. The average Bonchev–Trinajstić information content (AvgIpc) is 3.22. The Morgan fingerprint density at radius 2 is 1.53 bits per heavy atom. The van der Waals surface area contributed by atoms with E-state index in [1.807, 2.05) is 19.9 Å². The first-order chi connectivity index (χ1) is 20.2. The van der Waals surface area contributed by atoms with Crippen LogP contribution in [0.1, 0.15) is 96.8 Å². The zero-order valence-corrected chi connectivity index (χ0v) is 26.2. The van der Waals surface area contributed by atoms with Crippen LogP contribution in [-0.4, -0.2) is 59.0 Å². The van der Waals surface area contributed by atoms with Gasteiger partial charge in [0, 0.05) is 38.0 Å². The Balaban J connectivity index is 1.63. The van der Waals surface area contributed by atoms with Crippen LogP contribution in [0.25, 0.3) is 0 Å². The minimum Gasteiger partial charge on any atom is -0.463 e. The zero-order chi connectivity index (χ0) is 31.3.